The van der Waals surface area contributed by atoms with Gasteiger partial charge in [-0.3, -0.25) is 10.1 Å². The molecule has 1 aliphatic heterocycles. The SMILES string of the molecule is CS(=O)(=O)N1CCN(c2ccc(NC(=S)NC(=O)c3cccc4c(Cl)cccc34)cc2)CC1. The van der Waals surface area contributed by atoms with Crippen LogP contribution in [0.1, 0.15) is 10.4 Å². The molecule has 0 unspecified atom stereocenters. The van der Waals surface area contributed by atoms with Gasteiger partial charge in [0.2, 0.25) is 10.0 Å². The predicted molar refractivity (Wildman–Crippen MR) is 138 cm³/mol. The van der Waals surface area contributed by atoms with Crippen LogP contribution in [0.2, 0.25) is 5.02 Å². The zero-order chi connectivity index (χ0) is 23.6. The summed E-state index contributed by atoms with van der Waals surface area (Å²) in [7, 11) is -3.15. The molecule has 1 fully saturated rings. The molecule has 1 aliphatic rings. The third-order valence-corrected chi connectivity index (χ3v) is 7.38. The van der Waals surface area contributed by atoms with Crippen molar-refractivity contribution in [3.63, 3.8) is 0 Å². The molecule has 172 valence electrons. The fraction of sp³-hybridized carbons (Fsp3) is 0.217. The fourth-order valence-corrected chi connectivity index (χ4v) is 5.11. The van der Waals surface area contributed by atoms with E-state index in [1.807, 2.05) is 36.4 Å². The summed E-state index contributed by atoms with van der Waals surface area (Å²) in [4.78, 5) is 14.9. The quantitative estimate of drug-likeness (QED) is 0.529. The van der Waals surface area contributed by atoms with Crippen LogP contribution in [-0.4, -0.2) is 56.2 Å². The van der Waals surface area contributed by atoms with Gasteiger partial charge in [0.25, 0.3) is 5.91 Å². The molecule has 4 rings (SSSR count). The first kappa shape index (κ1) is 23.4. The lowest BCUT2D eigenvalue weighted by Crippen LogP contribution is -2.48. The zero-order valence-electron chi connectivity index (χ0n) is 17.9. The molecular formula is C23H23ClN4O3S2. The second kappa shape index (κ2) is 9.64. The first-order valence-electron chi connectivity index (χ1n) is 10.3. The van der Waals surface area contributed by atoms with Gasteiger partial charge in [-0.25, -0.2) is 8.42 Å². The number of carbonyl (C=O) groups is 1. The summed E-state index contributed by atoms with van der Waals surface area (Å²) in [5, 5.41) is 8.08. The van der Waals surface area contributed by atoms with Crippen LogP contribution in [0, 0.1) is 0 Å². The van der Waals surface area contributed by atoms with E-state index in [1.165, 1.54) is 10.6 Å². The molecule has 1 saturated heterocycles. The Labute approximate surface area is 203 Å². The van der Waals surface area contributed by atoms with Crippen molar-refractivity contribution >= 4 is 67.0 Å². The number of hydrogen-bond acceptors (Lipinski definition) is 5. The van der Waals surface area contributed by atoms with E-state index in [2.05, 4.69) is 15.5 Å². The third-order valence-electron chi connectivity index (χ3n) is 5.54. The van der Waals surface area contributed by atoms with Crippen molar-refractivity contribution < 1.29 is 13.2 Å². The molecule has 0 radical (unpaired) electrons. The molecule has 7 nitrogen and oxygen atoms in total. The number of nitrogens with one attached hydrogen (secondary N) is 2. The van der Waals surface area contributed by atoms with E-state index in [9.17, 15) is 13.2 Å². The Kier molecular flexibility index (Phi) is 6.85. The van der Waals surface area contributed by atoms with E-state index in [4.69, 9.17) is 23.8 Å². The number of sulfonamides is 1. The molecule has 10 heteroatoms. The molecule has 0 spiro atoms. The number of piperazine rings is 1. The molecule has 0 aliphatic carbocycles. The summed E-state index contributed by atoms with van der Waals surface area (Å²) >= 11 is 11.6. The summed E-state index contributed by atoms with van der Waals surface area (Å²) in [5.41, 5.74) is 2.22. The summed E-state index contributed by atoms with van der Waals surface area (Å²) in [6.07, 6.45) is 1.24. The average molecular weight is 503 g/mol. The highest BCUT2D eigenvalue weighted by molar-refractivity contribution is 7.88. The molecule has 33 heavy (non-hydrogen) atoms. The van der Waals surface area contributed by atoms with Crippen LogP contribution in [0.25, 0.3) is 10.8 Å². The topological polar surface area (TPSA) is 81.8 Å². The van der Waals surface area contributed by atoms with E-state index in [0.29, 0.717) is 36.8 Å². The normalized spacial score (nSPS) is 14.8. The standard InChI is InChI=1S/C23H23ClN4O3S2/c1-33(30,31)28-14-12-27(13-15-28)17-10-8-16(9-11-17)25-23(32)26-22(29)20-6-2-5-19-18(20)4-3-7-21(19)24/h2-11H,12-15H2,1H3,(H2,25,26,29,32). The van der Waals surface area contributed by atoms with Gasteiger partial charge >= 0.3 is 0 Å². The second-order valence-corrected chi connectivity index (χ2v) is 10.5. The molecule has 0 aromatic heterocycles. The van der Waals surface area contributed by atoms with Crippen LogP contribution < -0.4 is 15.5 Å². The molecule has 1 amide bonds. The number of fused-ring (bicyclic) bond motifs is 1. The van der Waals surface area contributed by atoms with Crippen molar-refractivity contribution in [3.8, 4) is 0 Å². The Hall–Kier alpha value is -2.72. The van der Waals surface area contributed by atoms with Gasteiger partial charge in [-0.1, -0.05) is 35.9 Å². The Morgan fingerprint density at radius 3 is 2.24 bits per heavy atom. The maximum Gasteiger partial charge on any atom is 0.258 e. The van der Waals surface area contributed by atoms with Gasteiger partial charge < -0.3 is 10.2 Å². The van der Waals surface area contributed by atoms with E-state index in [1.54, 1.807) is 24.3 Å². The molecule has 0 saturated carbocycles. The van der Waals surface area contributed by atoms with Gasteiger partial charge in [0.15, 0.2) is 5.11 Å². The molecule has 2 N–H and O–H groups in total. The van der Waals surface area contributed by atoms with Crippen LogP contribution in [0.15, 0.2) is 60.7 Å². The number of benzene rings is 3. The number of amides is 1. The highest BCUT2D eigenvalue weighted by Crippen LogP contribution is 2.26. The summed E-state index contributed by atoms with van der Waals surface area (Å²) in [5.74, 6) is -0.319. The van der Waals surface area contributed by atoms with Crippen LogP contribution in [0.5, 0.6) is 0 Å². The predicted octanol–water partition coefficient (Wildman–Crippen LogP) is 3.70. The number of anilines is 2. The lowest BCUT2D eigenvalue weighted by molar-refractivity contribution is 0.0979. The molecule has 1 heterocycles. The van der Waals surface area contributed by atoms with E-state index >= 15 is 0 Å². The highest BCUT2D eigenvalue weighted by atomic mass is 35.5. The molecule has 0 bridgehead atoms. The monoisotopic (exact) mass is 502 g/mol. The third kappa shape index (κ3) is 5.44. The Bertz CT molecular complexity index is 1310. The first-order valence-corrected chi connectivity index (χ1v) is 13.0. The fourth-order valence-electron chi connectivity index (χ4n) is 3.84. The lowest BCUT2D eigenvalue weighted by atomic mass is 10.0. The summed E-state index contributed by atoms with van der Waals surface area (Å²) in [6.45, 7) is 2.19. The smallest absolute Gasteiger partial charge is 0.258 e. The number of carbonyl (C=O) groups excluding carboxylic acids is 1. The Balaban J connectivity index is 1.37. The maximum absolute atomic E-state index is 12.8. The Morgan fingerprint density at radius 2 is 1.58 bits per heavy atom. The molecular weight excluding hydrogens is 480 g/mol. The first-order chi connectivity index (χ1) is 15.7. The molecule has 3 aromatic rings. The minimum atomic E-state index is -3.15. The average Bonchev–Trinajstić information content (AvgIpc) is 2.79. The maximum atomic E-state index is 12.8. The number of hydrogen-bond donors (Lipinski definition) is 2. The van der Waals surface area contributed by atoms with Crippen LogP contribution >= 0.6 is 23.8 Å². The van der Waals surface area contributed by atoms with Crippen molar-refractivity contribution in [2.45, 2.75) is 0 Å². The second-order valence-electron chi connectivity index (χ2n) is 7.74. The lowest BCUT2D eigenvalue weighted by Gasteiger charge is -2.34. The minimum absolute atomic E-state index is 0.188. The van der Waals surface area contributed by atoms with E-state index < -0.39 is 10.0 Å². The van der Waals surface area contributed by atoms with Crippen molar-refractivity contribution in [2.24, 2.45) is 0 Å². The van der Waals surface area contributed by atoms with E-state index in [-0.39, 0.29) is 11.0 Å². The number of halogens is 1. The van der Waals surface area contributed by atoms with Gasteiger partial charge in [0.05, 0.1) is 6.26 Å². The van der Waals surface area contributed by atoms with Crippen molar-refractivity contribution in [1.82, 2.24) is 9.62 Å². The number of rotatable bonds is 4. The van der Waals surface area contributed by atoms with Crippen LogP contribution in [0.3, 0.4) is 0 Å². The summed E-state index contributed by atoms with van der Waals surface area (Å²) < 4.78 is 24.8. The van der Waals surface area contributed by atoms with Gasteiger partial charge in [0, 0.05) is 53.5 Å². The number of nitrogens with zero attached hydrogens (tertiary/aromatic N) is 2. The summed E-state index contributed by atoms with van der Waals surface area (Å²) in [6, 6.07) is 18.4. The largest absolute Gasteiger partial charge is 0.369 e. The number of thiocarbonyl (C=S) groups is 1. The van der Waals surface area contributed by atoms with Gasteiger partial charge in [0.1, 0.15) is 0 Å². The van der Waals surface area contributed by atoms with Crippen molar-refractivity contribution in [2.75, 3.05) is 42.7 Å². The Morgan fingerprint density at radius 1 is 0.939 bits per heavy atom. The van der Waals surface area contributed by atoms with Gasteiger partial charge in [-0.15, -0.1) is 0 Å². The van der Waals surface area contributed by atoms with Gasteiger partial charge in [-0.05, 0) is 54.0 Å². The molecule has 3 aromatic carbocycles. The highest BCUT2D eigenvalue weighted by Gasteiger charge is 2.23. The zero-order valence-corrected chi connectivity index (χ0v) is 20.3. The van der Waals surface area contributed by atoms with Crippen LogP contribution in [-0.2, 0) is 10.0 Å². The van der Waals surface area contributed by atoms with Gasteiger partial charge in [-0.2, -0.15) is 4.31 Å². The van der Waals surface area contributed by atoms with Crippen molar-refractivity contribution in [3.05, 3.63) is 71.2 Å². The molecule has 0 atom stereocenters. The van der Waals surface area contributed by atoms with Crippen LogP contribution in [0.4, 0.5) is 11.4 Å². The minimum Gasteiger partial charge on any atom is -0.369 e. The van der Waals surface area contributed by atoms with Crippen molar-refractivity contribution in [1.29, 1.82) is 0 Å². The van der Waals surface area contributed by atoms with E-state index in [0.717, 1.165) is 22.1 Å².